The average molecular weight is 342 g/mol. The van der Waals surface area contributed by atoms with Gasteiger partial charge in [0.1, 0.15) is 0 Å². The second-order valence-corrected chi connectivity index (χ2v) is 8.67. The van der Waals surface area contributed by atoms with Gasteiger partial charge in [0, 0.05) is 10.8 Å². The SMILES string of the molecule is Cc1ccccc1C(=O)NNC(=O)CS[C@H]1CCS(=O)(=O)C1. The van der Waals surface area contributed by atoms with Crippen molar-refractivity contribution in [2.24, 2.45) is 0 Å². The number of sulfone groups is 1. The van der Waals surface area contributed by atoms with E-state index in [1.54, 1.807) is 12.1 Å². The Labute approximate surface area is 133 Å². The number of carbonyl (C=O) groups is 2. The van der Waals surface area contributed by atoms with Crippen LogP contribution in [0, 0.1) is 6.92 Å². The van der Waals surface area contributed by atoms with Gasteiger partial charge in [0.25, 0.3) is 5.91 Å². The van der Waals surface area contributed by atoms with E-state index in [0.717, 1.165) is 5.56 Å². The molecule has 6 nitrogen and oxygen atoms in total. The van der Waals surface area contributed by atoms with Crippen molar-refractivity contribution in [2.45, 2.75) is 18.6 Å². The van der Waals surface area contributed by atoms with Crippen LogP contribution in [0.15, 0.2) is 24.3 Å². The van der Waals surface area contributed by atoms with E-state index in [1.807, 2.05) is 19.1 Å². The molecule has 0 radical (unpaired) electrons. The van der Waals surface area contributed by atoms with E-state index in [2.05, 4.69) is 10.9 Å². The summed E-state index contributed by atoms with van der Waals surface area (Å²) in [5.74, 6) is -0.290. The van der Waals surface area contributed by atoms with Crippen LogP contribution in [0.5, 0.6) is 0 Å². The molecule has 1 aliphatic rings. The Hall–Kier alpha value is -1.54. The van der Waals surface area contributed by atoms with Crippen LogP contribution < -0.4 is 10.9 Å². The lowest BCUT2D eigenvalue weighted by atomic mass is 10.1. The maximum Gasteiger partial charge on any atom is 0.269 e. The molecule has 0 spiro atoms. The van der Waals surface area contributed by atoms with Crippen LogP contribution in [0.1, 0.15) is 22.3 Å². The molecule has 2 amide bonds. The Kier molecular flexibility index (Phi) is 5.47. The number of thioether (sulfide) groups is 1. The van der Waals surface area contributed by atoms with Gasteiger partial charge in [-0.2, -0.15) is 0 Å². The number of amides is 2. The molecule has 22 heavy (non-hydrogen) atoms. The average Bonchev–Trinajstić information content (AvgIpc) is 2.82. The summed E-state index contributed by atoms with van der Waals surface area (Å²) in [5.41, 5.74) is 6.02. The largest absolute Gasteiger partial charge is 0.272 e. The number of hydrogen-bond acceptors (Lipinski definition) is 5. The minimum atomic E-state index is -2.93. The van der Waals surface area contributed by atoms with Crippen LogP contribution in [0.2, 0.25) is 0 Å². The van der Waals surface area contributed by atoms with Gasteiger partial charge in [0.15, 0.2) is 9.84 Å². The van der Waals surface area contributed by atoms with Crippen LogP contribution in [-0.4, -0.2) is 42.7 Å². The summed E-state index contributed by atoms with van der Waals surface area (Å²) in [4.78, 5) is 23.6. The highest BCUT2D eigenvalue weighted by molar-refractivity contribution is 8.02. The summed E-state index contributed by atoms with van der Waals surface area (Å²) in [5, 5.41) is -0.0391. The molecule has 0 bridgehead atoms. The molecule has 1 atom stereocenters. The lowest BCUT2D eigenvalue weighted by Crippen LogP contribution is -2.43. The van der Waals surface area contributed by atoms with E-state index in [9.17, 15) is 18.0 Å². The number of aryl methyl sites for hydroxylation is 1. The standard InChI is InChI=1S/C14H18N2O4S2/c1-10-4-2-3-5-12(10)14(18)16-15-13(17)8-21-11-6-7-22(19,20)9-11/h2-5,11H,6-9H2,1H3,(H,15,17)(H,16,18)/t11-/m0/s1. The maximum atomic E-state index is 11.9. The van der Waals surface area contributed by atoms with E-state index < -0.39 is 9.84 Å². The Morgan fingerprint density at radius 2 is 2.00 bits per heavy atom. The fraction of sp³-hybridized carbons (Fsp3) is 0.429. The zero-order chi connectivity index (χ0) is 16.2. The fourth-order valence-electron chi connectivity index (χ4n) is 2.14. The monoisotopic (exact) mass is 342 g/mol. The quantitative estimate of drug-likeness (QED) is 0.785. The molecule has 2 N–H and O–H groups in total. The summed E-state index contributed by atoms with van der Waals surface area (Å²) in [6.07, 6.45) is 0.579. The molecule has 1 heterocycles. The van der Waals surface area contributed by atoms with Gasteiger partial charge in [-0.25, -0.2) is 8.42 Å². The van der Waals surface area contributed by atoms with E-state index in [4.69, 9.17) is 0 Å². The summed E-state index contributed by atoms with van der Waals surface area (Å²) in [7, 11) is -2.93. The Bertz CT molecular complexity index is 673. The first kappa shape index (κ1) is 16.8. The van der Waals surface area contributed by atoms with Gasteiger partial charge < -0.3 is 0 Å². The van der Waals surface area contributed by atoms with Crippen molar-refractivity contribution in [3.05, 3.63) is 35.4 Å². The van der Waals surface area contributed by atoms with Crippen molar-refractivity contribution < 1.29 is 18.0 Å². The number of hydrazine groups is 1. The van der Waals surface area contributed by atoms with Gasteiger partial charge >= 0.3 is 0 Å². The maximum absolute atomic E-state index is 11.9. The first-order chi connectivity index (χ1) is 10.4. The third-order valence-corrected chi connectivity index (χ3v) is 6.63. The molecule has 2 rings (SSSR count). The third-order valence-electron chi connectivity index (χ3n) is 3.35. The molecule has 1 aromatic carbocycles. The van der Waals surface area contributed by atoms with Crippen LogP contribution in [0.25, 0.3) is 0 Å². The molecule has 0 unspecified atom stereocenters. The summed E-state index contributed by atoms with van der Waals surface area (Å²) in [6.45, 7) is 1.81. The number of hydrogen-bond donors (Lipinski definition) is 2. The van der Waals surface area contributed by atoms with E-state index in [1.165, 1.54) is 11.8 Å². The van der Waals surface area contributed by atoms with Crippen molar-refractivity contribution in [2.75, 3.05) is 17.3 Å². The van der Waals surface area contributed by atoms with Crippen LogP contribution in [0.3, 0.4) is 0 Å². The molecule has 0 aromatic heterocycles. The topological polar surface area (TPSA) is 92.3 Å². The highest BCUT2D eigenvalue weighted by Crippen LogP contribution is 2.23. The highest BCUT2D eigenvalue weighted by Gasteiger charge is 2.28. The molecule has 1 fully saturated rings. The molecule has 0 saturated carbocycles. The van der Waals surface area contributed by atoms with Crippen LogP contribution >= 0.6 is 11.8 Å². The molecule has 1 aromatic rings. The molecule has 0 aliphatic carbocycles. The number of nitrogens with one attached hydrogen (secondary N) is 2. The van der Waals surface area contributed by atoms with E-state index >= 15 is 0 Å². The van der Waals surface area contributed by atoms with Gasteiger partial charge in [-0.05, 0) is 25.0 Å². The van der Waals surface area contributed by atoms with Crippen molar-refractivity contribution in [1.82, 2.24) is 10.9 Å². The van der Waals surface area contributed by atoms with Crippen molar-refractivity contribution in [1.29, 1.82) is 0 Å². The smallest absolute Gasteiger partial charge is 0.269 e. The Morgan fingerprint density at radius 1 is 1.27 bits per heavy atom. The van der Waals surface area contributed by atoms with Gasteiger partial charge in [0.05, 0.1) is 17.3 Å². The molecule has 8 heteroatoms. The second kappa shape index (κ2) is 7.15. The summed E-state index contributed by atoms with van der Waals surface area (Å²) in [6, 6.07) is 7.07. The number of carbonyl (C=O) groups excluding carboxylic acids is 2. The molecule has 1 aliphatic heterocycles. The fourth-order valence-corrected chi connectivity index (χ4v) is 5.59. The van der Waals surface area contributed by atoms with Crippen LogP contribution in [0.4, 0.5) is 0 Å². The number of rotatable bonds is 4. The third kappa shape index (κ3) is 4.74. The predicted molar refractivity (Wildman–Crippen MR) is 86.3 cm³/mol. The van der Waals surface area contributed by atoms with Gasteiger partial charge in [0.2, 0.25) is 5.91 Å². The highest BCUT2D eigenvalue weighted by atomic mass is 32.2. The molecule has 120 valence electrons. The minimum Gasteiger partial charge on any atom is -0.272 e. The van der Waals surface area contributed by atoms with Gasteiger partial charge in [-0.1, -0.05) is 18.2 Å². The first-order valence-corrected chi connectivity index (χ1v) is 9.71. The number of benzene rings is 1. The molecular formula is C14H18N2O4S2. The first-order valence-electron chi connectivity index (χ1n) is 6.84. The Morgan fingerprint density at radius 3 is 2.64 bits per heavy atom. The second-order valence-electron chi connectivity index (χ2n) is 5.15. The lowest BCUT2D eigenvalue weighted by Gasteiger charge is -2.10. The van der Waals surface area contributed by atoms with Gasteiger partial charge in [-0.15, -0.1) is 11.8 Å². The summed E-state index contributed by atoms with van der Waals surface area (Å²) >= 11 is 1.30. The van der Waals surface area contributed by atoms with Crippen molar-refractivity contribution in [3.8, 4) is 0 Å². The summed E-state index contributed by atoms with van der Waals surface area (Å²) < 4.78 is 22.6. The zero-order valence-electron chi connectivity index (χ0n) is 12.2. The minimum absolute atomic E-state index is 0.0391. The zero-order valence-corrected chi connectivity index (χ0v) is 13.8. The van der Waals surface area contributed by atoms with E-state index in [-0.39, 0.29) is 34.3 Å². The van der Waals surface area contributed by atoms with Gasteiger partial charge in [-0.3, -0.25) is 20.4 Å². The Balaban J connectivity index is 1.74. The van der Waals surface area contributed by atoms with Crippen molar-refractivity contribution >= 4 is 33.4 Å². The van der Waals surface area contributed by atoms with Crippen LogP contribution in [-0.2, 0) is 14.6 Å². The molecular weight excluding hydrogens is 324 g/mol. The normalized spacial score (nSPS) is 19.6. The molecule has 1 saturated heterocycles. The lowest BCUT2D eigenvalue weighted by molar-refractivity contribution is -0.119. The van der Waals surface area contributed by atoms with Crippen molar-refractivity contribution in [3.63, 3.8) is 0 Å². The predicted octanol–water partition coefficient (Wildman–Crippen LogP) is 0.676. The van der Waals surface area contributed by atoms with E-state index in [0.29, 0.717) is 12.0 Å².